The summed E-state index contributed by atoms with van der Waals surface area (Å²) >= 11 is 0. The van der Waals surface area contributed by atoms with Crippen molar-refractivity contribution >= 4 is 28.9 Å². The standard InChI is InChI=1S/C20H22FN3O3/c1-12-5-10-19(18(21)11-12)23-20(26)14(3)27-24-13(2)16-6-8-17(9-7-16)22-15(4)25/h5-11,14H,1-4H3,(H,22,25)(H,23,26)/b24-13+. The van der Waals surface area contributed by atoms with Crippen LogP contribution in [0.3, 0.4) is 0 Å². The van der Waals surface area contributed by atoms with Crippen molar-refractivity contribution in [3.8, 4) is 0 Å². The van der Waals surface area contributed by atoms with E-state index in [1.54, 1.807) is 44.2 Å². The quantitative estimate of drug-likeness (QED) is 0.598. The average Bonchev–Trinajstić information content (AvgIpc) is 2.61. The van der Waals surface area contributed by atoms with Crippen LogP contribution >= 0.6 is 0 Å². The number of amides is 2. The summed E-state index contributed by atoms with van der Waals surface area (Å²) < 4.78 is 13.8. The molecular weight excluding hydrogens is 349 g/mol. The van der Waals surface area contributed by atoms with Gasteiger partial charge in [0.1, 0.15) is 5.82 Å². The molecule has 0 fully saturated rings. The summed E-state index contributed by atoms with van der Waals surface area (Å²) in [7, 11) is 0. The van der Waals surface area contributed by atoms with Crippen molar-refractivity contribution in [2.75, 3.05) is 10.6 Å². The van der Waals surface area contributed by atoms with E-state index in [0.29, 0.717) is 11.4 Å². The Hall–Kier alpha value is -3.22. The monoisotopic (exact) mass is 371 g/mol. The zero-order chi connectivity index (χ0) is 20.0. The summed E-state index contributed by atoms with van der Waals surface area (Å²) in [6.07, 6.45) is -0.903. The number of hydrogen-bond donors (Lipinski definition) is 2. The van der Waals surface area contributed by atoms with Crippen LogP contribution in [0.5, 0.6) is 0 Å². The van der Waals surface area contributed by atoms with Gasteiger partial charge in [-0.05, 0) is 56.2 Å². The third kappa shape index (κ3) is 5.91. The smallest absolute Gasteiger partial charge is 0.268 e. The largest absolute Gasteiger partial charge is 0.382 e. The molecular formula is C20H22FN3O3. The molecule has 0 aliphatic rings. The molecule has 2 aromatic carbocycles. The van der Waals surface area contributed by atoms with E-state index < -0.39 is 17.8 Å². The minimum Gasteiger partial charge on any atom is -0.382 e. The van der Waals surface area contributed by atoms with Gasteiger partial charge in [0, 0.05) is 12.6 Å². The number of anilines is 2. The Kier molecular flexibility index (Phi) is 6.65. The second-order valence-electron chi connectivity index (χ2n) is 6.16. The van der Waals surface area contributed by atoms with Gasteiger partial charge in [-0.15, -0.1) is 0 Å². The van der Waals surface area contributed by atoms with Gasteiger partial charge in [-0.2, -0.15) is 0 Å². The van der Waals surface area contributed by atoms with E-state index in [9.17, 15) is 14.0 Å². The van der Waals surface area contributed by atoms with Crippen molar-refractivity contribution < 1.29 is 18.8 Å². The van der Waals surface area contributed by atoms with Crippen LogP contribution in [0.2, 0.25) is 0 Å². The molecule has 2 N–H and O–H groups in total. The second kappa shape index (κ2) is 8.93. The van der Waals surface area contributed by atoms with Gasteiger partial charge in [-0.1, -0.05) is 23.4 Å². The molecule has 7 heteroatoms. The Morgan fingerprint density at radius 3 is 2.33 bits per heavy atom. The number of carbonyl (C=O) groups is 2. The number of carbonyl (C=O) groups excluding carboxylic acids is 2. The number of nitrogens with zero attached hydrogens (tertiary/aromatic N) is 1. The minimum absolute atomic E-state index is 0.0929. The van der Waals surface area contributed by atoms with Crippen LogP contribution < -0.4 is 10.6 Å². The summed E-state index contributed by atoms with van der Waals surface area (Å²) in [4.78, 5) is 28.4. The Balaban J connectivity index is 1.96. The normalized spacial score (nSPS) is 12.3. The van der Waals surface area contributed by atoms with Gasteiger partial charge in [0.05, 0.1) is 11.4 Å². The summed E-state index contributed by atoms with van der Waals surface area (Å²) in [6.45, 7) is 6.46. The van der Waals surface area contributed by atoms with E-state index in [1.165, 1.54) is 26.0 Å². The Morgan fingerprint density at radius 2 is 1.74 bits per heavy atom. The highest BCUT2D eigenvalue weighted by atomic mass is 19.1. The zero-order valence-electron chi connectivity index (χ0n) is 15.7. The molecule has 1 unspecified atom stereocenters. The molecule has 142 valence electrons. The summed E-state index contributed by atoms with van der Waals surface area (Å²) in [6, 6.07) is 11.6. The number of nitrogens with one attached hydrogen (secondary N) is 2. The Labute approximate surface area is 157 Å². The highest BCUT2D eigenvalue weighted by Crippen LogP contribution is 2.16. The SMILES string of the molecule is CC(=O)Nc1ccc(/C(C)=N/OC(C)C(=O)Nc2ccc(C)cc2F)cc1. The third-order valence-corrected chi connectivity index (χ3v) is 3.72. The van der Waals surface area contributed by atoms with Crippen molar-refractivity contribution in [1.29, 1.82) is 0 Å². The molecule has 0 bridgehead atoms. The average molecular weight is 371 g/mol. The highest BCUT2D eigenvalue weighted by Gasteiger charge is 2.16. The van der Waals surface area contributed by atoms with Crippen molar-refractivity contribution in [3.05, 3.63) is 59.4 Å². The predicted octanol–water partition coefficient (Wildman–Crippen LogP) is 3.86. The highest BCUT2D eigenvalue weighted by molar-refractivity contribution is 5.99. The van der Waals surface area contributed by atoms with E-state index in [2.05, 4.69) is 15.8 Å². The van der Waals surface area contributed by atoms with Gasteiger partial charge >= 0.3 is 0 Å². The lowest BCUT2D eigenvalue weighted by Crippen LogP contribution is -2.27. The fourth-order valence-electron chi connectivity index (χ4n) is 2.21. The molecule has 0 spiro atoms. The molecule has 6 nitrogen and oxygen atoms in total. The van der Waals surface area contributed by atoms with Gasteiger partial charge in [-0.25, -0.2) is 4.39 Å². The molecule has 0 saturated heterocycles. The van der Waals surface area contributed by atoms with Crippen LogP contribution in [-0.2, 0) is 14.4 Å². The summed E-state index contributed by atoms with van der Waals surface area (Å²) in [5.74, 6) is -1.16. The molecule has 0 aliphatic heterocycles. The zero-order valence-corrected chi connectivity index (χ0v) is 15.7. The first-order chi connectivity index (χ1) is 12.8. The first-order valence-corrected chi connectivity index (χ1v) is 8.41. The van der Waals surface area contributed by atoms with Crippen LogP contribution in [0, 0.1) is 12.7 Å². The first kappa shape index (κ1) is 20.1. The maximum Gasteiger partial charge on any atom is 0.268 e. The number of benzene rings is 2. The van der Waals surface area contributed by atoms with Crippen LogP contribution in [0.15, 0.2) is 47.6 Å². The summed E-state index contributed by atoms with van der Waals surface area (Å²) in [5.41, 5.74) is 2.87. The molecule has 2 aromatic rings. The fraction of sp³-hybridized carbons (Fsp3) is 0.250. The van der Waals surface area contributed by atoms with E-state index >= 15 is 0 Å². The topological polar surface area (TPSA) is 79.8 Å². The van der Waals surface area contributed by atoms with Crippen molar-refractivity contribution in [2.45, 2.75) is 33.8 Å². The maximum atomic E-state index is 13.8. The van der Waals surface area contributed by atoms with Crippen LogP contribution in [0.25, 0.3) is 0 Å². The first-order valence-electron chi connectivity index (χ1n) is 8.41. The maximum absolute atomic E-state index is 13.8. The molecule has 0 aliphatic carbocycles. The number of oxime groups is 1. The van der Waals surface area contributed by atoms with E-state index in [0.717, 1.165) is 11.1 Å². The van der Waals surface area contributed by atoms with Gasteiger partial charge in [0.15, 0.2) is 0 Å². The lowest BCUT2D eigenvalue weighted by atomic mass is 10.1. The van der Waals surface area contributed by atoms with E-state index in [4.69, 9.17) is 4.84 Å². The Morgan fingerprint density at radius 1 is 1.07 bits per heavy atom. The van der Waals surface area contributed by atoms with Crippen LogP contribution in [0.4, 0.5) is 15.8 Å². The molecule has 27 heavy (non-hydrogen) atoms. The predicted molar refractivity (Wildman–Crippen MR) is 103 cm³/mol. The molecule has 0 saturated carbocycles. The van der Waals surface area contributed by atoms with Gasteiger partial charge < -0.3 is 15.5 Å². The number of aryl methyl sites for hydroxylation is 1. The van der Waals surface area contributed by atoms with Crippen molar-refractivity contribution in [1.82, 2.24) is 0 Å². The van der Waals surface area contributed by atoms with Crippen LogP contribution in [-0.4, -0.2) is 23.6 Å². The lowest BCUT2D eigenvalue weighted by Gasteiger charge is -2.12. The van der Waals surface area contributed by atoms with E-state index in [-0.39, 0.29) is 11.6 Å². The van der Waals surface area contributed by atoms with Gasteiger partial charge in [-0.3, -0.25) is 9.59 Å². The molecule has 0 radical (unpaired) electrons. The number of hydrogen-bond acceptors (Lipinski definition) is 4. The van der Waals surface area contributed by atoms with Gasteiger partial charge in [0.25, 0.3) is 5.91 Å². The molecule has 0 aromatic heterocycles. The van der Waals surface area contributed by atoms with Gasteiger partial charge in [0.2, 0.25) is 12.0 Å². The number of halogens is 1. The molecule has 2 rings (SSSR count). The molecule has 2 amide bonds. The number of rotatable bonds is 6. The minimum atomic E-state index is -0.903. The second-order valence-corrected chi connectivity index (χ2v) is 6.16. The van der Waals surface area contributed by atoms with Crippen molar-refractivity contribution in [2.24, 2.45) is 5.16 Å². The van der Waals surface area contributed by atoms with Crippen molar-refractivity contribution in [3.63, 3.8) is 0 Å². The molecule has 0 heterocycles. The third-order valence-electron chi connectivity index (χ3n) is 3.72. The van der Waals surface area contributed by atoms with Crippen LogP contribution in [0.1, 0.15) is 31.9 Å². The molecule has 1 atom stereocenters. The fourth-order valence-corrected chi connectivity index (χ4v) is 2.21. The summed E-state index contributed by atoms with van der Waals surface area (Å²) in [5, 5.41) is 9.11. The Bertz CT molecular complexity index is 863. The lowest BCUT2D eigenvalue weighted by molar-refractivity contribution is -0.126. The van der Waals surface area contributed by atoms with E-state index in [1.807, 2.05) is 0 Å².